The van der Waals surface area contributed by atoms with E-state index < -0.39 is 0 Å². The lowest BCUT2D eigenvalue weighted by Crippen LogP contribution is -2.63. The summed E-state index contributed by atoms with van der Waals surface area (Å²) < 4.78 is 6.90. The summed E-state index contributed by atoms with van der Waals surface area (Å²) in [6.45, 7) is 34.7. The molecule has 5 saturated carbocycles. The fraction of sp³-hybridized carbons (Fsp3) is 0.776. The van der Waals surface area contributed by atoms with Crippen molar-refractivity contribution in [2.75, 3.05) is 0 Å². The molecular weight excluding hydrogens is 695 g/mol. The highest BCUT2D eigenvalue weighted by atomic mass is 16.5. The Bertz CT molecular complexity index is 1580. The molecule has 0 aromatic heterocycles. The van der Waals surface area contributed by atoms with Gasteiger partial charge in [0.2, 0.25) is 12.8 Å². The van der Waals surface area contributed by atoms with E-state index >= 15 is 0 Å². The number of allylic oxidation sites excluding steroid dienone is 4. The van der Waals surface area contributed by atoms with Crippen molar-refractivity contribution in [1.82, 2.24) is 0 Å². The number of aliphatic imine (C=N–C) groups is 2. The minimum atomic E-state index is -0.104. The normalized spacial score (nSPS) is 38.9. The number of nitrogens with zero attached hydrogens (tertiary/aromatic N) is 2. The largest absolute Gasteiger partial charge is 0.495 e. The van der Waals surface area contributed by atoms with Gasteiger partial charge in [0, 0.05) is 35.6 Å². The van der Waals surface area contributed by atoms with Crippen molar-refractivity contribution < 1.29 is 19.1 Å². The molecule has 11 unspecified atom stereocenters. The predicted molar refractivity (Wildman–Crippen MR) is 232 cm³/mol. The first-order valence-corrected chi connectivity index (χ1v) is 22.2. The molecule has 0 aliphatic heterocycles. The maximum atomic E-state index is 14.1. The van der Waals surface area contributed by atoms with E-state index in [1.807, 2.05) is 20.0 Å². The van der Waals surface area contributed by atoms with Crippen LogP contribution in [0.25, 0.3) is 0 Å². The number of fused-ring (bicyclic) bond motifs is 7. The lowest BCUT2D eigenvalue weighted by molar-refractivity contribution is -0.209. The molecule has 6 aliphatic carbocycles. The summed E-state index contributed by atoms with van der Waals surface area (Å²) in [6, 6.07) is 0. The Labute approximate surface area is 341 Å². The van der Waals surface area contributed by atoms with Gasteiger partial charge in [-0.05, 0) is 134 Å². The van der Waals surface area contributed by atoms with Gasteiger partial charge in [0.15, 0.2) is 5.78 Å². The van der Waals surface area contributed by atoms with Gasteiger partial charge in [-0.15, -0.1) is 0 Å². The highest BCUT2D eigenvalue weighted by Crippen LogP contribution is 2.75. The maximum Gasteiger partial charge on any atom is 0.233 e. The van der Waals surface area contributed by atoms with Crippen LogP contribution >= 0.6 is 0 Å². The van der Waals surface area contributed by atoms with Crippen LogP contribution in [0.3, 0.4) is 0 Å². The average Bonchev–Trinajstić information content (AvgIpc) is 3.46. The number of rotatable bonds is 10. The van der Waals surface area contributed by atoms with E-state index in [-0.39, 0.29) is 40.1 Å². The number of ketones is 1. The summed E-state index contributed by atoms with van der Waals surface area (Å²) in [5.41, 5.74) is 8.01. The van der Waals surface area contributed by atoms with E-state index in [0.29, 0.717) is 65.2 Å². The van der Waals surface area contributed by atoms with Crippen molar-refractivity contribution in [3.05, 3.63) is 35.8 Å². The van der Waals surface area contributed by atoms with Crippen LogP contribution in [0.5, 0.6) is 0 Å². The SMILES string of the molecule is C=C(OC1CCC2(C)C(CCC3(C)C4CCC5(C(C)(C)C/C=C/N=CC(C)=NC=O)CC(=O)C(C(C)C)=C5C4CCC32)C1(C)C)C1CC(C)C1C.CC.NC=O. The van der Waals surface area contributed by atoms with E-state index in [1.54, 1.807) is 18.7 Å². The zero-order valence-corrected chi connectivity index (χ0v) is 37.7. The summed E-state index contributed by atoms with van der Waals surface area (Å²) in [7, 11) is 0. The van der Waals surface area contributed by atoms with E-state index in [2.05, 4.69) is 97.6 Å². The maximum absolute atomic E-state index is 14.1. The third-order valence-electron chi connectivity index (χ3n) is 17.0. The number of amides is 2. The Kier molecular flexibility index (Phi) is 14.4. The Morgan fingerprint density at radius 3 is 2.21 bits per heavy atom. The number of hydrogen-bond acceptors (Lipinski definition) is 5. The van der Waals surface area contributed by atoms with Crippen LogP contribution in [0, 0.1) is 74.4 Å². The number of nitrogens with two attached hydrogens (primary N) is 1. The van der Waals surface area contributed by atoms with Gasteiger partial charge < -0.3 is 10.5 Å². The quantitative estimate of drug-likeness (QED) is 0.135. The predicted octanol–water partition coefficient (Wildman–Crippen LogP) is 11.5. The van der Waals surface area contributed by atoms with Crippen LogP contribution in [-0.2, 0) is 19.1 Å². The molecule has 2 amide bonds. The molecule has 5 fully saturated rings. The van der Waals surface area contributed by atoms with Crippen LogP contribution in [0.4, 0.5) is 0 Å². The van der Waals surface area contributed by atoms with Gasteiger partial charge in [-0.3, -0.25) is 19.4 Å². The molecule has 0 heterocycles. The molecule has 6 rings (SSSR count). The molecule has 0 aromatic rings. The van der Waals surface area contributed by atoms with Gasteiger partial charge in [0.05, 0.1) is 11.5 Å². The summed E-state index contributed by atoms with van der Waals surface area (Å²) in [4.78, 5) is 41.6. The zero-order chi connectivity index (χ0) is 42.0. The Morgan fingerprint density at radius 2 is 1.62 bits per heavy atom. The minimum Gasteiger partial charge on any atom is -0.495 e. The van der Waals surface area contributed by atoms with Gasteiger partial charge in [0.1, 0.15) is 6.10 Å². The van der Waals surface area contributed by atoms with Crippen molar-refractivity contribution >= 4 is 30.5 Å². The number of carbonyl (C=O) groups is 3. The monoisotopic (exact) mass is 774 g/mol. The van der Waals surface area contributed by atoms with Crippen molar-refractivity contribution in [2.24, 2.45) is 90.1 Å². The standard InChI is InChI=1S/C46H70N2O3.C2H6.CH3NO/c1-28(2)40-36(50)25-46(42(7,8)19-13-23-47-26-30(4)48-27-49)22-16-35-33(41(40)46)14-15-38-44(35,11)20-17-37-43(9,10)39(18-21-45(37,38)12)51-32(6)34-24-29(3)31(34)5;1-2;2-1-3/h13,23,26-29,31,33-35,37-39H,6,14-22,24-25H2,1-5,7-12H3;1-2H3;1H,(H2,2,3)/b23-13+,47-26?,48-30?;;. The average molecular weight is 774 g/mol. The Hall–Kier alpha value is -2.83. The first kappa shape index (κ1) is 45.9. The van der Waals surface area contributed by atoms with Crippen molar-refractivity contribution in [3.63, 3.8) is 0 Å². The van der Waals surface area contributed by atoms with Crippen LogP contribution in [-0.4, -0.2) is 36.6 Å². The fourth-order valence-corrected chi connectivity index (χ4v) is 14.0. The Balaban J connectivity index is 0.00000133. The third-order valence-corrected chi connectivity index (χ3v) is 17.0. The number of carbonyl (C=O) groups excluding carboxylic acids is 3. The molecule has 0 aromatic carbocycles. The van der Waals surface area contributed by atoms with Crippen LogP contribution in [0.1, 0.15) is 161 Å². The molecule has 0 spiro atoms. The van der Waals surface area contributed by atoms with Gasteiger partial charge in [-0.25, -0.2) is 4.99 Å². The Morgan fingerprint density at radius 1 is 0.982 bits per heavy atom. The lowest BCUT2D eigenvalue weighted by Gasteiger charge is -2.69. The summed E-state index contributed by atoms with van der Waals surface area (Å²) in [5.74, 6) is 6.16. The van der Waals surface area contributed by atoms with Gasteiger partial charge in [-0.1, -0.05) is 101 Å². The van der Waals surface area contributed by atoms with Gasteiger partial charge in [-0.2, -0.15) is 0 Å². The molecule has 0 saturated heterocycles. The van der Waals surface area contributed by atoms with Crippen molar-refractivity contribution in [3.8, 4) is 0 Å². The second-order valence-electron chi connectivity index (χ2n) is 20.5. The smallest absolute Gasteiger partial charge is 0.233 e. The number of Topliss-reactive ketones (excluding diaryl/α,β-unsaturated/α-hetero) is 1. The lowest BCUT2D eigenvalue weighted by atomic mass is 9.36. The molecule has 2 N–H and O–H groups in total. The second kappa shape index (κ2) is 17.6. The number of hydrogen-bond donors (Lipinski definition) is 1. The topological polar surface area (TPSA) is 111 Å². The zero-order valence-electron chi connectivity index (χ0n) is 37.7. The first-order chi connectivity index (χ1) is 26.3. The van der Waals surface area contributed by atoms with E-state index in [1.165, 1.54) is 50.5 Å². The van der Waals surface area contributed by atoms with Gasteiger partial charge in [0.25, 0.3) is 0 Å². The molecule has 7 nitrogen and oxygen atoms in total. The van der Waals surface area contributed by atoms with E-state index in [9.17, 15) is 9.59 Å². The molecule has 0 bridgehead atoms. The van der Waals surface area contributed by atoms with Crippen molar-refractivity contribution in [1.29, 1.82) is 0 Å². The van der Waals surface area contributed by atoms with Crippen LogP contribution < -0.4 is 5.73 Å². The molecule has 56 heavy (non-hydrogen) atoms. The molecule has 7 heteroatoms. The molecule has 314 valence electrons. The highest BCUT2D eigenvalue weighted by molar-refractivity contribution is 6.30. The fourth-order valence-electron chi connectivity index (χ4n) is 14.0. The van der Waals surface area contributed by atoms with Crippen molar-refractivity contribution in [2.45, 2.75) is 167 Å². The highest BCUT2D eigenvalue weighted by Gasteiger charge is 2.68. The van der Waals surface area contributed by atoms with Crippen LogP contribution in [0.2, 0.25) is 0 Å². The summed E-state index contributed by atoms with van der Waals surface area (Å²) in [5, 5.41) is 0. The third kappa shape index (κ3) is 7.84. The van der Waals surface area contributed by atoms with Crippen LogP contribution in [0.15, 0.2) is 45.7 Å². The number of primary amides is 1. The second-order valence-corrected chi connectivity index (χ2v) is 20.5. The molecule has 11 atom stereocenters. The molecular formula is C49H79N3O4. The first-order valence-electron chi connectivity index (χ1n) is 22.2. The summed E-state index contributed by atoms with van der Waals surface area (Å²) in [6.07, 6.45) is 19.2. The minimum absolute atomic E-state index is 0.0827. The summed E-state index contributed by atoms with van der Waals surface area (Å²) >= 11 is 0. The number of ether oxygens (including phenoxy) is 1. The van der Waals surface area contributed by atoms with E-state index in [0.717, 1.165) is 30.9 Å². The molecule has 0 radical (unpaired) electrons. The molecule has 6 aliphatic rings. The van der Waals surface area contributed by atoms with E-state index in [4.69, 9.17) is 9.53 Å². The van der Waals surface area contributed by atoms with Gasteiger partial charge >= 0.3 is 0 Å².